The number of phenols is 1. The number of benzene rings is 2. The molecule has 0 bridgehead atoms. The van der Waals surface area contributed by atoms with Gasteiger partial charge in [0.25, 0.3) is 0 Å². The molecule has 0 radical (unpaired) electrons. The lowest BCUT2D eigenvalue weighted by Gasteiger charge is -2.38. The van der Waals surface area contributed by atoms with Crippen LogP contribution in [0.25, 0.3) is 22.3 Å². The standard InChI is InChI=1S/C24H24O12/c1-31-14-5-4-10(6-16(14)32-2)15-9-13(26)18-12(25)7-11(8-17(18)35-15)34-24-21(29)19(27)20(28)22(36-24)23(30)33-3/h4-9,19-22,24-25,27-29H,1-3H3. The van der Waals surface area contributed by atoms with Gasteiger partial charge in [-0.05, 0) is 18.2 Å². The fraction of sp³-hybridized carbons (Fsp3) is 0.333. The molecule has 0 amide bonds. The maximum Gasteiger partial charge on any atom is 0.337 e. The number of ether oxygens (including phenoxy) is 5. The Morgan fingerprint density at radius 2 is 1.64 bits per heavy atom. The lowest BCUT2D eigenvalue weighted by molar-refractivity contribution is -0.271. The summed E-state index contributed by atoms with van der Waals surface area (Å²) in [6, 6.07) is 8.44. The second kappa shape index (κ2) is 10.0. The lowest BCUT2D eigenvalue weighted by atomic mass is 9.99. The third kappa shape index (κ3) is 4.54. The molecule has 1 aromatic heterocycles. The third-order valence-corrected chi connectivity index (χ3v) is 5.71. The topological polar surface area (TPSA) is 174 Å². The summed E-state index contributed by atoms with van der Waals surface area (Å²) in [6.07, 6.45) is -8.59. The monoisotopic (exact) mass is 504 g/mol. The van der Waals surface area contributed by atoms with Gasteiger partial charge in [-0.1, -0.05) is 0 Å². The normalized spacial score (nSPS) is 23.8. The molecule has 4 N–H and O–H groups in total. The summed E-state index contributed by atoms with van der Waals surface area (Å²) in [5.74, 6) is -0.560. The molecule has 0 aliphatic carbocycles. The van der Waals surface area contributed by atoms with E-state index in [0.29, 0.717) is 17.1 Å². The second-order valence-corrected chi connectivity index (χ2v) is 7.90. The van der Waals surface area contributed by atoms with E-state index in [0.717, 1.165) is 13.2 Å². The van der Waals surface area contributed by atoms with Gasteiger partial charge in [0.15, 0.2) is 23.0 Å². The fourth-order valence-corrected chi connectivity index (χ4v) is 3.83. The molecule has 12 heteroatoms. The smallest absolute Gasteiger partial charge is 0.337 e. The van der Waals surface area contributed by atoms with Crippen molar-refractivity contribution in [1.82, 2.24) is 0 Å². The van der Waals surface area contributed by atoms with Crippen LogP contribution in [0.15, 0.2) is 45.6 Å². The van der Waals surface area contributed by atoms with Crippen molar-refractivity contribution in [3.63, 3.8) is 0 Å². The predicted molar refractivity (Wildman–Crippen MR) is 122 cm³/mol. The first-order valence-corrected chi connectivity index (χ1v) is 10.7. The summed E-state index contributed by atoms with van der Waals surface area (Å²) < 4.78 is 31.7. The van der Waals surface area contributed by atoms with Crippen molar-refractivity contribution in [2.75, 3.05) is 21.3 Å². The Hall–Kier alpha value is -3.84. The van der Waals surface area contributed by atoms with E-state index < -0.39 is 47.9 Å². The molecule has 192 valence electrons. The average molecular weight is 504 g/mol. The first-order chi connectivity index (χ1) is 17.2. The van der Waals surface area contributed by atoms with Gasteiger partial charge in [-0.3, -0.25) is 4.79 Å². The van der Waals surface area contributed by atoms with Crippen LogP contribution in [0, 0.1) is 0 Å². The highest BCUT2D eigenvalue weighted by Gasteiger charge is 2.48. The zero-order valence-corrected chi connectivity index (χ0v) is 19.4. The van der Waals surface area contributed by atoms with Crippen molar-refractivity contribution in [2.45, 2.75) is 30.7 Å². The largest absolute Gasteiger partial charge is 0.507 e. The van der Waals surface area contributed by atoms with Crippen molar-refractivity contribution in [2.24, 2.45) is 0 Å². The van der Waals surface area contributed by atoms with Crippen molar-refractivity contribution in [3.05, 3.63) is 46.6 Å². The minimum Gasteiger partial charge on any atom is -0.507 e. The number of hydrogen-bond donors (Lipinski definition) is 4. The molecule has 36 heavy (non-hydrogen) atoms. The van der Waals surface area contributed by atoms with Crippen molar-refractivity contribution < 1.29 is 53.3 Å². The van der Waals surface area contributed by atoms with Crippen LogP contribution in [0.3, 0.4) is 0 Å². The van der Waals surface area contributed by atoms with Gasteiger partial charge >= 0.3 is 5.97 Å². The Morgan fingerprint density at radius 1 is 0.917 bits per heavy atom. The maximum absolute atomic E-state index is 12.8. The van der Waals surface area contributed by atoms with Crippen LogP contribution < -0.4 is 19.6 Å². The predicted octanol–water partition coefficient (Wildman–Crippen LogP) is 0.542. The Morgan fingerprint density at radius 3 is 2.31 bits per heavy atom. The molecule has 1 fully saturated rings. The molecule has 3 aromatic rings. The highest BCUT2D eigenvalue weighted by atomic mass is 16.7. The van der Waals surface area contributed by atoms with Crippen molar-refractivity contribution in [1.29, 1.82) is 0 Å². The van der Waals surface area contributed by atoms with Crippen LogP contribution in [0.4, 0.5) is 0 Å². The van der Waals surface area contributed by atoms with Gasteiger partial charge in [-0.2, -0.15) is 0 Å². The van der Waals surface area contributed by atoms with E-state index in [1.165, 1.54) is 26.4 Å². The number of esters is 1. The minimum absolute atomic E-state index is 0.0577. The van der Waals surface area contributed by atoms with Crippen LogP contribution in [0.1, 0.15) is 0 Å². The molecule has 4 rings (SSSR count). The SMILES string of the molecule is COC(=O)C1OC(Oc2cc(O)c3c(=O)cc(-c4ccc(OC)c(OC)c4)oc3c2)C(O)C(O)C1O. The maximum atomic E-state index is 12.8. The Kier molecular flexibility index (Phi) is 7.04. The van der Waals surface area contributed by atoms with E-state index in [9.17, 15) is 30.0 Å². The number of fused-ring (bicyclic) bond motifs is 1. The van der Waals surface area contributed by atoms with Crippen LogP contribution in [0.5, 0.6) is 23.0 Å². The summed E-state index contributed by atoms with van der Waals surface area (Å²) in [5, 5.41) is 40.8. The van der Waals surface area contributed by atoms with Gasteiger partial charge < -0.3 is 48.5 Å². The number of aromatic hydroxyl groups is 1. The second-order valence-electron chi connectivity index (χ2n) is 7.90. The summed E-state index contributed by atoms with van der Waals surface area (Å²) in [4.78, 5) is 24.7. The number of aliphatic hydroxyl groups excluding tert-OH is 3. The van der Waals surface area contributed by atoms with Crippen LogP contribution in [-0.4, -0.2) is 78.4 Å². The number of rotatable bonds is 6. The minimum atomic E-state index is -1.79. The van der Waals surface area contributed by atoms with E-state index in [-0.39, 0.29) is 22.5 Å². The fourth-order valence-electron chi connectivity index (χ4n) is 3.83. The zero-order chi connectivity index (χ0) is 26.1. The third-order valence-electron chi connectivity index (χ3n) is 5.71. The molecule has 0 saturated carbocycles. The summed E-state index contributed by atoms with van der Waals surface area (Å²) in [7, 11) is 4.01. The number of carbonyl (C=O) groups excluding carboxylic acids is 1. The highest BCUT2D eigenvalue weighted by Crippen LogP contribution is 2.35. The molecule has 2 heterocycles. The van der Waals surface area contributed by atoms with Crippen LogP contribution in [0.2, 0.25) is 0 Å². The average Bonchev–Trinajstić information content (AvgIpc) is 2.87. The van der Waals surface area contributed by atoms with Crippen molar-refractivity contribution >= 4 is 16.9 Å². The zero-order valence-electron chi connectivity index (χ0n) is 19.4. The van der Waals surface area contributed by atoms with Gasteiger partial charge in [-0.25, -0.2) is 4.79 Å². The van der Waals surface area contributed by atoms with E-state index in [2.05, 4.69) is 4.74 Å². The van der Waals surface area contributed by atoms with Gasteiger partial charge in [0, 0.05) is 23.8 Å². The van der Waals surface area contributed by atoms with E-state index in [1.54, 1.807) is 18.2 Å². The lowest BCUT2D eigenvalue weighted by Crippen LogP contribution is -2.61. The van der Waals surface area contributed by atoms with E-state index in [4.69, 9.17) is 23.4 Å². The summed E-state index contributed by atoms with van der Waals surface area (Å²) in [6.45, 7) is 0. The summed E-state index contributed by atoms with van der Waals surface area (Å²) >= 11 is 0. The molecule has 5 atom stereocenters. The molecule has 1 aliphatic rings. The quantitative estimate of drug-likeness (QED) is 0.344. The number of carbonyl (C=O) groups is 1. The number of methoxy groups -OCH3 is 3. The first kappa shape index (κ1) is 25.3. The number of aliphatic hydroxyl groups is 3. The van der Waals surface area contributed by atoms with E-state index >= 15 is 0 Å². The van der Waals surface area contributed by atoms with E-state index in [1.807, 2.05) is 0 Å². The highest BCUT2D eigenvalue weighted by molar-refractivity contribution is 5.86. The van der Waals surface area contributed by atoms with Gasteiger partial charge in [0.1, 0.15) is 46.5 Å². The molecule has 2 aromatic carbocycles. The Labute approximate surface area is 203 Å². The molecule has 1 aliphatic heterocycles. The number of phenolic OH excluding ortho intramolecular Hbond substituents is 1. The molecular weight excluding hydrogens is 480 g/mol. The Balaban J connectivity index is 1.71. The van der Waals surface area contributed by atoms with Crippen LogP contribution in [-0.2, 0) is 14.3 Å². The molecule has 0 spiro atoms. The van der Waals surface area contributed by atoms with Gasteiger partial charge in [0.2, 0.25) is 6.29 Å². The van der Waals surface area contributed by atoms with Gasteiger partial charge in [-0.15, -0.1) is 0 Å². The molecular formula is C24H24O12. The van der Waals surface area contributed by atoms with Gasteiger partial charge in [0.05, 0.1) is 21.3 Å². The summed E-state index contributed by atoms with van der Waals surface area (Å²) in [5.41, 5.74) is -0.109. The molecule has 12 nitrogen and oxygen atoms in total. The van der Waals surface area contributed by atoms with Crippen LogP contribution >= 0.6 is 0 Å². The molecule has 5 unspecified atom stereocenters. The number of hydrogen-bond acceptors (Lipinski definition) is 12. The first-order valence-electron chi connectivity index (χ1n) is 10.7. The molecule has 1 saturated heterocycles. The Bertz CT molecular complexity index is 1330. The van der Waals surface area contributed by atoms with Crippen molar-refractivity contribution in [3.8, 4) is 34.3 Å².